The molecule has 1 fully saturated rings. The highest BCUT2D eigenvalue weighted by atomic mass is 16.1. The molecule has 3 heteroatoms. The van der Waals surface area contributed by atoms with Crippen molar-refractivity contribution in [2.75, 3.05) is 7.05 Å². The summed E-state index contributed by atoms with van der Waals surface area (Å²) < 4.78 is 0. The van der Waals surface area contributed by atoms with Crippen LogP contribution in [0, 0.1) is 5.92 Å². The number of nitrogens with one attached hydrogen (secondary N) is 1. The van der Waals surface area contributed by atoms with Crippen LogP contribution in [0.1, 0.15) is 38.5 Å². The third-order valence-electron chi connectivity index (χ3n) is 2.99. The smallest absolute Gasteiger partial charge is 0.234 e. The number of amides is 1. The minimum Gasteiger partial charge on any atom is -0.368 e. The van der Waals surface area contributed by atoms with Gasteiger partial charge in [-0.05, 0) is 19.4 Å². The van der Waals surface area contributed by atoms with Crippen molar-refractivity contribution in [2.45, 2.75) is 44.6 Å². The molecule has 0 spiro atoms. The Bertz CT molecular complexity index is 164. The number of carbonyl (C=O) groups excluding carboxylic acids is 1. The van der Waals surface area contributed by atoms with Gasteiger partial charge in [-0.15, -0.1) is 0 Å². The van der Waals surface area contributed by atoms with Gasteiger partial charge < -0.3 is 11.1 Å². The van der Waals surface area contributed by atoms with Crippen LogP contribution in [0.15, 0.2) is 0 Å². The Morgan fingerprint density at radius 2 is 2.08 bits per heavy atom. The summed E-state index contributed by atoms with van der Waals surface area (Å²) in [6.07, 6.45) is 7.46. The molecule has 1 aliphatic carbocycles. The van der Waals surface area contributed by atoms with Gasteiger partial charge >= 0.3 is 0 Å². The Morgan fingerprint density at radius 1 is 1.46 bits per heavy atom. The zero-order valence-corrected chi connectivity index (χ0v) is 8.38. The van der Waals surface area contributed by atoms with Crippen LogP contribution in [0.2, 0.25) is 0 Å². The van der Waals surface area contributed by atoms with E-state index in [-0.39, 0.29) is 11.9 Å². The van der Waals surface area contributed by atoms with Gasteiger partial charge in [-0.2, -0.15) is 0 Å². The Morgan fingerprint density at radius 3 is 2.54 bits per heavy atom. The van der Waals surface area contributed by atoms with E-state index >= 15 is 0 Å². The standard InChI is InChI=1S/C10H20N2O/c1-12-9(10(11)13)7-8-5-3-2-4-6-8/h8-9,12H,2-7H2,1H3,(H2,11,13)/t9-/m1/s1. The van der Waals surface area contributed by atoms with Gasteiger partial charge in [0.15, 0.2) is 0 Å². The van der Waals surface area contributed by atoms with Crippen molar-refractivity contribution in [3.8, 4) is 0 Å². The van der Waals surface area contributed by atoms with Crippen LogP contribution in [0.4, 0.5) is 0 Å². The van der Waals surface area contributed by atoms with Gasteiger partial charge in [0.2, 0.25) is 5.91 Å². The molecule has 1 atom stereocenters. The van der Waals surface area contributed by atoms with Crippen molar-refractivity contribution >= 4 is 5.91 Å². The lowest BCUT2D eigenvalue weighted by atomic mass is 9.85. The summed E-state index contributed by atoms with van der Waals surface area (Å²) in [6, 6.07) is -0.122. The molecule has 3 N–H and O–H groups in total. The average molecular weight is 184 g/mol. The number of hydrogen-bond donors (Lipinski definition) is 2. The third kappa shape index (κ3) is 3.35. The molecule has 0 heterocycles. The summed E-state index contributed by atoms with van der Waals surface area (Å²) in [5, 5.41) is 2.97. The lowest BCUT2D eigenvalue weighted by Crippen LogP contribution is -2.40. The van der Waals surface area contributed by atoms with Gasteiger partial charge in [0.1, 0.15) is 0 Å². The van der Waals surface area contributed by atoms with E-state index in [0.717, 1.165) is 6.42 Å². The van der Waals surface area contributed by atoms with E-state index in [9.17, 15) is 4.79 Å². The van der Waals surface area contributed by atoms with Gasteiger partial charge in [-0.3, -0.25) is 4.79 Å². The highest BCUT2D eigenvalue weighted by molar-refractivity contribution is 5.79. The molecular weight excluding hydrogens is 164 g/mol. The molecule has 3 nitrogen and oxygen atoms in total. The number of rotatable bonds is 4. The van der Waals surface area contributed by atoms with E-state index in [4.69, 9.17) is 5.73 Å². The summed E-state index contributed by atoms with van der Waals surface area (Å²) in [4.78, 5) is 11.0. The van der Waals surface area contributed by atoms with Gasteiger partial charge in [0.25, 0.3) is 0 Å². The maximum absolute atomic E-state index is 11.0. The van der Waals surface area contributed by atoms with Crippen LogP contribution in [0.5, 0.6) is 0 Å². The van der Waals surface area contributed by atoms with E-state index in [0.29, 0.717) is 5.92 Å². The zero-order chi connectivity index (χ0) is 9.68. The summed E-state index contributed by atoms with van der Waals surface area (Å²) in [7, 11) is 1.80. The maximum Gasteiger partial charge on any atom is 0.234 e. The van der Waals surface area contributed by atoms with Crippen molar-refractivity contribution in [2.24, 2.45) is 11.7 Å². The van der Waals surface area contributed by atoms with Crippen LogP contribution in [0.25, 0.3) is 0 Å². The molecule has 0 bridgehead atoms. The first kappa shape index (κ1) is 10.5. The maximum atomic E-state index is 11.0. The molecule has 0 aromatic heterocycles. The molecule has 0 unspecified atom stereocenters. The van der Waals surface area contributed by atoms with Crippen molar-refractivity contribution in [3.05, 3.63) is 0 Å². The lowest BCUT2D eigenvalue weighted by molar-refractivity contribution is -0.120. The molecule has 13 heavy (non-hydrogen) atoms. The third-order valence-corrected chi connectivity index (χ3v) is 2.99. The average Bonchev–Trinajstić information content (AvgIpc) is 2.15. The fourth-order valence-corrected chi connectivity index (χ4v) is 2.13. The normalized spacial score (nSPS) is 21.3. The highest BCUT2D eigenvalue weighted by Gasteiger charge is 2.20. The highest BCUT2D eigenvalue weighted by Crippen LogP contribution is 2.27. The van der Waals surface area contributed by atoms with Gasteiger partial charge in [0, 0.05) is 0 Å². The first-order valence-electron chi connectivity index (χ1n) is 5.20. The van der Waals surface area contributed by atoms with Crippen molar-refractivity contribution in [1.29, 1.82) is 0 Å². The second-order valence-corrected chi connectivity index (χ2v) is 3.98. The molecule has 0 saturated heterocycles. The zero-order valence-electron chi connectivity index (χ0n) is 8.38. The topological polar surface area (TPSA) is 55.1 Å². The van der Waals surface area contributed by atoms with E-state index in [2.05, 4.69) is 5.32 Å². The van der Waals surface area contributed by atoms with Crippen LogP contribution >= 0.6 is 0 Å². The lowest BCUT2D eigenvalue weighted by Gasteiger charge is -2.24. The minimum atomic E-state index is -0.215. The molecular formula is C10H20N2O. The number of carbonyl (C=O) groups is 1. The van der Waals surface area contributed by atoms with Crippen LogP contribution in [-0.4, -0.2) is 19.0 Å². The molecule has 0 aliphatic heterocycles. The molecule has 1 aliphatic rings. The number of primary amides is 1. The summed E-state index contributed by atoms with van der Waals surface area (Å²) in [5.41, 5.74) is 5.26. The van der Waals surface area contributed by atoms with Crippen LogP contribution < -0.4 is 11.1 Å². The fraction of sp³-hybridized carbons (Fsp3) is 0.900. The van der Waals surface area contributed by atoms with Gasteiger partial charge in [-0.1, -0.05) is 32.1 Å². The van der Waals surface area contributed by atoms with E-state index in [1.165, 1.54) is 32.1 Å². The minimum absolute atomic E-state index is 0.122. The Kier molecular flexibility index (Phi) is 4.22. The quantitative estimate of drug-likeness (QED) is 0.685. The second-order valence-electron chi connectivity index (χ2n) is 3.98. The SMILES string of the molecule is CN[C@H](CC1CCCCC1)C(N)=O. The van der Waals surface area contributed by atoms with Crippen molar-refractivity contribution < 1.29 is 4.79 Å². The number of nitrogens with two attached hydrogens (primary N) is 1. The van der Waals surface area contributed by atoms with E-state index in [1.807, 2.05) is 0 Å². The van der Waals surface area contributed by atoms with Crippen molar-refractivity contribution in [3.63, 3.8) is 0 Å². The molecule has 76 valence electrons. The molecule has 1 amide bonds. The van der Waals surface area contributed by atoms with Gasteiger partial charge in [0.05, 0.1) is 6.04 Å². The second kappa shape index (κ2) is 5.22. The number of hydrogen-bond acceptors (Lipinski definition) is 2. The first-order chi connectivity index (χ1) is 6.24. The predicted octanol–water partition coefficient (Wildman–Crippen LogP) is 1.03. The Hall–Kier alpha value is -0.570. The number of likely N-dealkylation sites (N-methyl/N-ethyl adjacent to an activating group) is 1. The van der Waals surface area contributed by atoms with Crippen LogP contribution in [0.3, 0.4) is 0 Å². The fourth-order valence-electron chi connectivity index (χ4n) is 2.13. The summed E-state index contributed by atoms with van der Waals surface area (Å²) in [6.45, 7) is 0. The monoisotopic (exact) mass is 184 g/mol. The molecule has 0 radical (unpaired) electrons. The molecule has 1 saturated carbocycles. The van der Waals surface area contributed by atoms with Gasteiger partial charge in [-0.25, -0.2) is 0 Å². The Labute approximate surface area is 80.1 Å². The summed E-state index contributed by atoms with van der Waals surface area (Å²) in [5.74, 6) is 0.492. The van der Waals surface area contributed by atoms with E-state index in [1.54, 1.807) is 7.05 Å². The largest absolute Gasteiger partial charge is 0.368 e. The first-order valence-corrected chi connectivity index (χ1v) is 5.20. The Balaban J connectivity index is 2.31. The van der Waals surface area contributed by atoms with Crippen molar-refractivity contribution in [1.82, 2.24) is 5.32 Å². The predicted molar refractivity (Wildman–Crippen MR) is 53.2 cm³/mol. The van der Waals surface area contributed by atoms with Crippen LogP contribution in [-0.2, 0) is 4.79 Å². The molecule has 0 aromatic rings. The van der Waals surface area contributed by atoms with E-state index < -0.39 is 0 Å². The molecule has 0 aromatic carbocycles. The summed E-state index contributed by atoms with van der Waals surface area (Å²) >= 11 is 0. The molecule has 1 rings (SSSR count).